The first kappa shape index (κ1) is 12.8. The van der Waals surface area contributed by atoms with Crippen LogP contribution >= 0.6 is 0 Å². The molecule has 16 heavy (non-hydrogen) atoms. The highest BCUT2D eigenvalue weighted by atomic mass is 16.5. The molecule has 3 N–H and O–H groups in total. The van der Waals surface area contributed by atoms with Crippen LogP contribution in [0.2, 0.25) is 0 Å². The number of hydrogen-bond donors (Lipinski definition) is 2. The Morgan fingerprint density at radius 2 is 2.00 bits per heavy atom. The normalized spacial score (nSPS) is 12.3. The zero-order valence-corrected chi connectivity index (χ0v) is 10.6. The quantitative estimate of drug-likeness (QED) is 0.804. The predicted octanol–water partition coefficient (Wildman–Crippen LogP) is 2.46. The molecule has 0 aliphatic carbocycles. The van der Waals surface area contributed by atoms with E-state index in [9.17, 15) is 0 Å². The van der Waals surface area contributed by atoms with Gasteiger partial charge in [-0.15, -0.1) is 0 Å². The van der Waals surface area contributed by atoms with Gasteiger partial charge in [-0.05, 0) is 50.5 Å². The molecule has 0 spiro atoms. The molecule has 0 heterocycles. The molecule has 0 saturated carbocycles. The molecule has 1 rings (SSSR count). The smallest absolute Gasteiger partial charge is 0.122 e. The second kappa shape index (κ2) is 5.75. The summed E-state index contributed by atoms with van der Waals surface area (Å²) >= 11 is 0. The molecule has 3 heteroatoms. The van der Waals surface area contributed by atoms with Gasteiger partial charge in [0.1, 0.15) is 5.75 Å². The van der Waals surface area contributed by atoms with E-state index in [1.165, 1.54) is 16.8 Å². The Hall–Kier alpha value is -1.22. The average molecular weight is 222 g/mol. The van der Waals surface area contributed by atoms with Gasteiger partial charge in [0.2, 0.25) is 0 Å². The largest absolute Gasteiger partial charge is 0.496 e. The summed E-state index contributed by atoms with van der Waals surface area (Å²) in [5.74, 6) is 0.940. The molecule has 90 valence electrons. The van der Waals surface area contributed by atoms with Crippen molar-refractivity contribution >= 4 is 5.69 Å². The van der Waals surface area contributed by atoms with Crippen molar-refractivity contribution in [3.8, 4) is 5.75 Å². The van der Waals surface area contributed by atoms with Crippen molar-refractivity contribution < 1.29 is 4.74 Å². The summed E-state index contributed by atoms with van der Waals surface area (Å²) in [5, 5.41) is 3.40. The maximum atomic E-state index is 5.71. The van der Waals surface area contributed by atoms with Crippen LogP contribution in [-0.4, -0.2) is 19.7 Å². The minimum absolute atomic E-state index is 0.243. The van der Waals surface area contributed by atoms with Crippen molar-refractivity contribution in [2.75, 3.05) is 19.0 Å². The summed E-state index contributed by atoms with van der Waals surface area (Å²) in [4.78, 5) is 0. The Bertz CT molecular complexity index is 348. The van der Waals surface area contributed by atoms with E-state index < -0.39 is 0 Å². The predicted molar refractivity (Wildman–Crippen MR) is 69.2 cm³/mol. The molecule has 0 bridgehead atoms. The number of rotatable bonds is 5. The molecule has 0 fully saturated rings. The summed E-state index contributed by atoms with van der Waals surface area (Å²) in [7, 11) is 1.70. The average Bonchev–Trinajstić information content (AvgIpc) is 2.24. The third-order valence-corrected chi connectivity index (χ3v) is 2.87. The first-order valence-corrected chi connectivity index (χ1v) is 5.70. The molecule has 0 aliphatic rings. The second-order valence-electron chi connectivity index (χ2n) is 4.26. The van der Waals surface area contributed by atoms with Crippen LogP contribution in [0.15, 0.2) is 12.1 Å². The zero-order chi connectivity index (χ0) is 12.1. The van der Waals surface area contributed by atoms with Crippen LogP contribution in [0.5, 0.6) is 5.75 Å². The van der Waals surface area contributed by atoms with E-state index in [0.717, 1.165) is 18.7 Å². The Morgan fingerprint density at radius 3 is 2.56 bits per heavy atom. The first-order valence-electron chi connectivity index (χ1n) is 5.70. The third-order valence-electron chi connectivity index (χ3n) is 2.87. The van der Waals surface area contributed by atoms with Gasteiger partial charge in [-0.2, -0.15) is 0 Å². The van der Waals surface area contributed by atoms with Crippen LogP contribution in [0.25, 0.3) is 0 Å². The number of hydrogen-bond acceptors (Lipinski definition) is 3. The molecule has 0 saturated heterocycles. The first-order chi connectivity index (χ1) is 7.56. The second-order valence-corrected chi connectivity index (χ2v) is 4.26. The van der Waals surface area contributed by atoms with Crippen molar-refractivity contribution in [1.82, 2.24) is 0 Å². The van der Waals surface area contributed by atoms with Gasteiger partial charge < -0.3 is 15.8 Å². The number of anilines is 1. The molecule has 0 radical (unpaired) electrons. The summed E-state index contributed by atoms with van der Waals surface area (Å²) in [6.07, 6.45) is 0.977. The van der Waals surface area contributed by atoms with Crippen molar-refractivity contribution in [1.29, 1.82) is 0 Å². The summed E-state index contributed by atoms with van der Waals surface area (Å²) in [6.45, 7) is 7.11. The van der Waals surface area contributed by atoms with Crippen LogP contribution in [-0.2, 0) is 0 Å². The maximum Gasteiger partial charge on any atom is 0.122 e. The van der Waals surface area contributed by atoms with Gasteiger partial charge >= 0.3 is 0 Å². The van der Waals surface area contributed by atoms with Crippen molar-refractivity contribution in [2.24, 2.45) is 5.73 Å². The van der Waals surface area contributed by atoms with Gasteiger partial charge in [-0.25, -0.2) is 0 Å². The Kier molecular flexibility index (Phi) is 4.62. The highest BCUT2D eigenvalue weighted by Gasteiger charge is 2.06. The highest BCUT2D eigenvalue weighted by molar-refractivity contribution is 5.58. The monoisotopic (exact) mass is 222 g/mol. The van der Waals surface area contributed by atoms with E-state index in [1.54, 1.807) is 7.11 Å². The molecule has 0 amide bonds. The molecule has 0 aromatic heterocycles. The van der Waals surface area contributed by atoms with E-state index in [2.05, 4.69) is 25.2 Å². The maximum absolute atomic E-state index is 5.71. The lowest BCUT2D eigenvalue weighted by Gasteiger charge is -2.14. The fraction of sp³-hybridized carbons (Fsp3) is 0.538. The Labute approximate surface area is 98.0 Å². The van der Waals surface area contributed by atoms with Crippen molar-refractivity contribution in [3.63, 3.8) is 0 Å². The zero-order valence-electron chi connectivity index (χ0n) is 10.6. The highest BCUT2D eigenvalue weighted by Crippen LogP contribution is 2.27. The minimum Gasteiger partial charge on any atom is -0.496 e. The van der Waals surface area contributed by atoms with Crippen LogP contribution in [0.1, 0.15) is 24.5 Å². The van der Waals surface area contributed by atoms with E-state index >= 15 is 0 Å². The van der Waals surface area contributed by atoms with E-state index in [-0.39, 0.29) is 6.04 Å². The number of benzene rings is 1. The summed E-state index contributed by atoms with van der Waals surface area (Å²) < 4.78 is 5.28. The van der Waals surface area contributed by atoms with Crippen LogP contribution < -0.4 is 15.8 Å². The lowest BCUT2D eigenvalue weighted by atomic mass is 10.1. The topological polar surface area (TPSA) is 47.3 Å². The molecule has 0 aliphatic heterocycles. The Balaban J connectivity index is 2.71. The molecule has 1 unspecified atom stereocenters. The molecular weight excluding hydrogens is 200 g/mol. The van der Waals surface area contributed by atoms with E-state index in [4.69, 9.17) is 10.5 Å². The van der Waals surface area contributed by atoms with Crippen LogP contribution in [0.4, 0.5) is 5.69 Å². The van der Waals surface area contributed by atoms with Gasteiger partial charge in [-0.3, -0.25) is 0 Å². The number of nitrogens with two attached hydrogens (primary N) is 1. The molecule has 3 nitrogen and oxygen atoms in total. The molecular formula is C13H22N2O. The SMILES string of the molecule is COc1ccc(NCCC(C)N)c(C)c1C. The van der Waals surface area contributed by atoms with Crippen LogP contribution in [0.3, 0.4) is 0 Å². The minimum atomic E-state index is 0.243. The number of nitrogens with one attached hydrogen (secondary N) is 1. The fourth-order valence-corrected chi connectivity index (χ4v) is 1.64. The lowest BCUT2D eigenvalue weighted by Crippen LogP contribution is -2.19. The van der Waals surface area contributed by atoms with E-state index in [0.29, 0.717) is 0 Å². The Morgan fingerprint density at radius 1 is 1.31 bits per heavy atom. The van der Waals surface area contributed by atoms with Gasteiger partial charge in [0, 0.05) is 18.3 Å². The fourth-order valence-electron chi connectivity index (χ4n) is 1.64. The third kappa shape index (κ3) is 3.14. The molecule has 1 aromatic rings. The lowest BCUT2D eigenvalue weighted by molar-refractivity contribution is 0.411. The summed E-state index contributed by atoms with van der Waals surface area (Å²) in [6, 6.07) is 4.30. The van der Waals surface area contributed by atoms with Gasteiger partial charge in [0.15, 0.2) is 0 Å². The van der Waals surface area contributed by atoms with Gasteiger partial charge in [-0.1, -0.05) is 0 Å². The van der Waals surface area contributed by atoms with Crippen molar-refractivity contribution in [2.45, 2.75) is 33.2 Å². The van der Waals surface area contributed by atoms with Gasteiger partial charge in [0.25, 0.3) is 0 Å². The number of ether oxygens (including phenoxy) is 1. The van der Waals surface area contributed by atoms with Gasteiger partial charge in [0.05, 0.1) is 7.11 Å². The van der Waals surface area contributed by atoms with Crippen LogP contribution in [0, 0.1) is 13.8 Å². The summed E-state index contributed by atoms with van der Waals surface area (Å²) in [5.41, 5.74) is 9.30. The number of methoxy groups -OCH3 is 1. The standard InChI is InChI=1S/C13H22N2O/c1-9(14)7-8-15-12-5-6-13(16-4)11(3)10(12)2/h5-6,9,15H,7-8,14H2,1-4H3. The van der Waals surface area contributed by atoms with Crippen molar-refractivity contribution in [3.05, 3.63) is 23.3 Å². The molecule has 1 aromatic carbocycles. The molecule has 1 atom stereocenters. The van der Waals surface area contributed by atoms with E-state index in [1.807, 2.05) is 13.0 Å².